The van der Waals surface area contributed by atoms with E-state index in [1.54, 1.807) is 0 Å². The fraction of sp³-hybridized carbons (Fsp3) is 0.314. The number of hydrogen-bond donors (Lipinski definition) is 5. The van der Waals surface area contributed by atoms with E-state index >= 15 is 0 Å². The molecule has 3 aliphatic heterocycles. The first-order valence-corrected chi connectivity index (χ1v) is 15.6. The summed E-state index contributed by atoms with van der Waals surface area (Å²) in [5, 5.41) is 21.4. The van der Waals surface area contributed by atoms with Gasteiger partial charge < -0.3 is 40.3 Å². The lowest BCUT2D eigenvalue weighted by Gasteiger charge is -2.28. The van der Waals surface area contributed by atoms with Gasteiger partial charge in [-0.05, 0) is 34.7 Å². The van der Waals surface area contributed by atoms with Crippen molar-refractivity contribution in [2.24, 2.45) is 5.92 Å². The van der Waals surface area contributed by atoms with Gasteiger partial charge >= 0.3 is 6.09 Å². The summed E-state index contributed by atoms with van der Waals surface area (Å²) in [5.41, 5.74) is 2.83. The molecular formula is C35H35N5O7. The smallest absolute Gasteiger partial charge is 0.408 e. The molecule has 12 heteroatoms. The van der Waals surface area contributed by atoms with Crippen molar-refractivity contribution >= 4 is 23.6 Å². The van der Waals surface area contributed by atoms with Crippen molar-refractivity contribution in [3.05, 3.63) is 112 Å². The number of ether oxygens (including phenoxy) is 2. The molecule has 4 atom stereocenters. The van der Waals surface area contributed by atoms with Crippen LogP contribution >= 0.6 is 0 Å². The van der Waals surface area contributed by atoms with Gasteiger partial charge in [-0.25, -0.2) is 9.78 Å². The Morgan fingerprint density at radius 3 is 2.64 bits per heavy atom. The van der Waals surface area contributed by atoms with Gasteiger partial charge in [0.15, 0.2) is 17.7 Å². The molecule has 3 aliphatic rings. The lowest BCUT2D eigenvalue weighted by atomic mass is 9.72. The van der Waals surface area contributed by atoms with Crippen LogP contribution in [-0.2, 0) is 28.0 Å². The van der Waals surface area contributed by atoms with Crippen LogP contribution in [0.4, 0.5) is 10.5 Å². The summed E-state index contributed by atoms with van der Waals surface area (Å²) in [5.74, 6) is -0.247. The quantitative estimate of drug-likeness (QED) is 0.204. The van der Waals surface area contributed by atoms with Crippen molar-refractivity contribution in [2.75, 3.05) is 18.5 Å². The van der Waals surface area contributed by atoms with Gasteiger partial charge in [-0.15, -0.1) is 0 Å². The minimum Gasteiger partial charge on any atom is -0.469 e. The number of para-hydroxylation sites is 1. The number of hydrogen-bond acceptors (Lipinski definition) is 9. The molecule has 0 radical (unpaired) electrons. The molecule has 3 amide bonds. The first-order valence-electron chi connectivity index (χ1n) is 15.6. The monoisotopic (exact) mass is 637 g/mol. The summed E-state index contributed by atoms with van der Waals surface area (Å²) in [6.45, 7) is 3.60. The van der Waals surface area contributed by atoms with Gasteiger partial charge in [0.05, 0.1) is 6.61 Å². The molecule has 47 heavy (non-hydrogen) atoms. The van der Waals surface area contributed by atoms with E-state index in [-0.39, 0.29) is 49.4 Å². The molecule has 5 N–H and O–H groups in total. The van der Waals surface area contributed by atoms with Gasteiger partial charge in [0.2, 0.25) is 11.8 Å². The third kappa shape index (κ3) is 5.24. The molecule has 1 unspecified atom stereocenters. The van der Waals surface area contributed by atoms with Crippen LogP contribution < -0.4 is 26.0 Å². The lowest BCUT2D eigenvalue weighted by molar-refractivity contribution is -0.124. The van der Waals surface area contributed by atoms with Gasteiger partial charge in [0.25, 0.3) is 5.91 Å². The minimum absolute atomic E-state index is 0.0149. The average Bonchev–Trinajstić information content (AvgIpc) is 3.74. The number of rotatable bonds is 7. The number of oxazole rings is 1. The van der Waals surface area contributed by atoms with E-state index in [1.165, 1.54) is 0 Å². The Morgan fingerprint density at radius 1 is 1.06 bits per heavy atom. The van der Waals surface area contributed by atoms with Crippen LogP contribution in [-0.4, -0.2) is 53.4 Å². The van der Waals surface area contributed by atoms with Crippen LogP contribution in [0.3, 0.4) is 0 Å². The topological polar surface area (TPSA) is 164 Å². The molecule has 242 valence electrons. The number of aliphatic hydroxyl groups is 1. The fourth-order valence-electron chi connectivity index (χ4n) is 6.62. The van der Waals surface area contributed by atoms with Crippen LogP contribution in [0.2, 0.25) is 0 Å². The number of carbonyl (C=O) groups excluding carboxylic acids is 3. The highest BCUT2D eigenvalue weighted by Crippen LogP contribution is 2.58. The molecule has 3 aromatic carbocycles. The Morgan fingerprint density at radius 2 is 1.85 bits per heavy atom. The van der Waals surface area contributed by atoms with Crippen molar-refractivity contribution in [2.45, 2.75) is 50.6 Å². The Bertz CT molecular complexity index is 1840. The highest BCUT2D eigenvalue weighted by molar-refractivity contribution is 5.95. The van der Waals surface area contributed by atoms with Crippen molar-refractivity contribution in [3.63, 3.8) is 0 Å². The van der Waals surface area contributed by atoms with Gasteiger partial charge in [-0.2, -0.15) is 0 Å². The van der Waals surface area contributed by atoms with Crippen LogP contribution in [0.15, 0.2) is 77.2 Å². The lowest BCUT2D eigenvalue weighted by Crippen LogP contribution is -2.49. The SMILES string of the molecule is CC(C)[C@@H]1NC(=O)[C@@H](NC(=O)OCc2ccccc2)Cc2ccc3c(c2)[C@@]2(c4ccccc4NC2O3)c2oc1nc2C(=O)NCCO. The summed E-state index contributed by atoms with van der Waals surface area (Å²) in [6, 6.07) is 20.8. The number of carbonyl (C=O) groups is 3. The number of nitrogens with zero attached hydrogens (tertiary/aromatic N) is 1. The van der Waals surface area contributed by atoms with Crippen LogP contribution in [0.25, 0.3) is 0 Å². The van der Waals surface area contributed by atoms with Gasteiger partial charge in [-0.3, -0.25) is 9.59 Å². The molecule has 1 spiro atoms. The zero-order valence-electron chi connectivity index (χ0n) is 25.9. The molecule has 1 aromatic heterocycles. The Balaban J connectivity index is 1.36. The molecule has 0 saturated heterocycles. The number of alkyl carbamates (subject to hydrolysis) is 1. The van der Waals surface area contributed by atoms with Gasteiger partial charge in [0, 0.05) is 24.2 Å². The largest absolute Gasteiger partial charge is 0.469 e. The van der Waals surface area contributed by atoms with E-state index in [9.17, 15) is 19.5 Å². The molecule has 4 heterocycles. The van der Waals surface area contributed by atoms with Crippen LogP contribution in [0.5, 0.6) is 5.75 Å². The molecule has 7 rings (SSSR count). The number of benzene rings is 3. The number of amides is 3. The third-order valence-corrected chi connectivity index (χ3v) is 8.85. The van der Waals surface area contributed by atoms with E-state index in [2.05, 4.69) is 21.3 Å². The first-order chi connectivity index (χ1) is 22.8. The summed E-state index contributed by atoms with van der Waals surface area (Å²) < 4.78 is 18.6. The maximum atomic E-state index is 13.9. The van der Waals surface area contributed by atoms with Crippen molar-refractivity contribution in [1.29, 1.82) is 0 Å². The van der Waals surface area contributed by atoms with Crippen molar-refractivity contribution < 1.29 is 33.4 Å². The first kappa shape index (κ1) is 30.3. The third-order valence-electron chi connectivity index (χ3n) is 8.85. The molecule has 0 fully saturated rings. The zero-order valence-corrected chi connectivity index (χ0v) is 25.9. The number of aliphatic hydroxyl groups excluding tert-OH is 1. The van der Waals surface area contributed by atoms with Gasteiger partial charge in [0.1, 0.15) is 29.9 Å². The molecule has 0 saturated carbocycles. The summed E-state index contributed by atoms with van der Waals surface area (Å²) in [6.07, 6.45) is -1.26. The maximum Gasteiger partial charge on any atom is 0.408 e. The summed E-state index contributed by atoms with van der Waals surface area (Å²) >= 11 is 0. The number of anilines is 1. The molecule has 0 aliphatic carbocycles. The number of aromatic nitrogens is 1. The summed E-state index contributed by atoms with van der Waals surface area (Å²) in [7, 11) is 0. The Kier molecular flexibility index (Phi) is 7.80. The zero-order chi connectivity index (χ0) is 32.7. The minimum atomic E-state index is -1.12. The van der Waals surface area contributed by atoms with E-state index in [0.29, 0.717) is 5.75 Å². The standard InChI is InChI=1S/C35H35N5O7/c1-19(2)27-32-40-28(31(43)36-14-15-41)29(47-32)35-22-10-6-7-11-24(22)37-33(35)46-26-13-12-21(16-23(26)35)17-25(30(42)39-27)38-34(44)45-18-20-8-4-3-5-9-20/h3-13,16,19,25,27,33,37,41H,14-15,17-18H2,1-2H3,(H,36,43)(H,38,44)(H,39,42)/t25-,27-,33?,35-/m0/s1. The number of nitrogens with one attached hydrogen (secondary N) is 4. The van der Waals surface area contributed by atoms with E-state index in [4.69, 9.17) is 18.9 Å². The molecule has 4 bridgehead atoms. The van der Waals surface area contributed by atoms with Crippen molar-refractivity contribution in [1.82, 2.24) is 20.9 Å². The molecular weight excluding hydrogens is 602 g/mol. The second kappa shape index (κ2) is 12.1. The second-order valence-corrected chi connectivity index (χ2v) is 12.2. The highest BCUT2D eigenvalue weighted by Gasteiger charge is 2.61. The Hall–Kier alpha value is -5.36. The molecule has 12 nitrogen and oxygen atoms in total. The van der Waals surface area contributed by atoms with Crippen LogP contribution in [0.1, 0.15) is 64.3 Å². The predicted octanol–water partition coefficient (Wildman–Crippen LogP) is 3.54. The number of fused-ring (bicyclic) bond motifs is 4. The second-order valence-electron chi connectivity index (χ2n) is 12.2. The normalized spacial score (nSPS) is 22.0. The van der Waals surface area contributed by atoms with Crippen molar-refractivity contribution in [3.8, 4) is 5.75 Å². The van der Waals surface area contributed by atoms with E-state index in [1.807, 2.05) is 86.6 Å². The van der Waals surface area contributed by atoms with Crippen LogP contribution in [0, 0.1) is 5.92 Å². The summed E-state index contributed by atoms with van der Waals surface area (Å²) in [4.78, 5) is 45.3. The van der Waals surface area contributed by atoms with E-state index < -0.39 is 41.6 Å². The fourth-order valence-corrected chi connectivity index (χ4v) is 6.62. The predicted molar refractivity (Wildman–Crippen MR) is 170 cm³/mol. The molecule has 4 aromatic rings. The maximum absolute atomic E-state index is 13.9. The highest BCUT2D eigenvalue weighted by atomic mass is 16.5. The average molecular weight is 638 g/mol. The van der Waals surface area contributed by atoms with E-state index in [0.717, 1.165) is 27.9 Å². The van der Waals surface area contributed by atoms with Gasteiger partial charge in [-0.1, -0.05) is 74.5 Å². The Labute approximate surface area is 270 Å².